The third-order valence-electron chi connectivity index (χ3n) is 4.50. The van der Waals surface area contributed by atoms with Gasteiger partial charge in [0, 0.05) is 36.4 Å². The van der Waals surface area contributed by atoms with Gasteiger partial charge >= 0.3 is 11.9 Å². The van der Waals surface area contributed by atoms with Crippen LogP contribution in [0.5, 0.6) is 5.75 Å². The molecule has 0 unspecified atom stereocenters. The highest BCUT2D eigenvalue weighted by Gasteiger charge is 2.20. The zero-order valence-corrected chi connectivity index (χ0v) is 16.2. The van der Waals surface area contributed by atoms with Crippen molar-refractivity contribution in [3.05, 3.63) is 29.5 Å². The Hall–Kier alpha value is -2.83. The summed E-state index contributed by atoms with van der Waals surface area (Å²) in [6.07, 6.45) is 1.39. The van der Waals surface area contributed by atoms with Gasteiger partial charge in [0.05, 0.1) is 25.2 Å². The fourth-order valence-corrected chi connectivity index (χ4v) is 2.78. The highest BCUT2D eigenvalue weighted by atomic mass is 16.5. The summed E-state index contributed by atoms with van der Waals surface area (Å²) in [6.45, 7) is 4.14. The zero-order chi connectivity index (χ0) is 20.0. The lowest BCUT2D eigenvalue weighted by atomic mass is 10.1. The molecule has 0 fully saturated rings. The van der Waals surface area contributed by atoms with Crippen molar-refractivity contribution in [3.8, 4) is 5.75 Å². The van der Waals surface area contributed by atoms with Crippen molar-refractivity contribution in [1.82, 2.24) is 4.57 Å². The monoisotopic (exact) mass is 374 g/mol. The lowest BCUT2D eigenvalue weighted by Crippen LogP contribution is -2.11. The van der Waals surface area contributed by atoms with E-state index < -0.39 is 5.97 Å². The minimum absolute atomic E-state index is 0.104. The maximum Gasteiger partial charge on any atom is 0.340 e. The molecule has 146 valence electrons. The molecule has 0 atom stereocenters. The van der Waals surface area contributed by atoms with Crippen LogP contribution in [-0.2, 0) is 21.3 Å². The highest BCUT2D eigenvalue weighted by molar-refractivity contribution is 6.06. The summed E-state index contributed by atoms with van der Waals surface area (Å²) in [7, 11) is 3.50. The Bertz CT molecular complexity index is 867. The van der Waals surface area contributed by atoms with Gasteiger partial charge in [0.1, 0.15) is 5.75 Å². The van der Waals surface area contributed by atoms with Crippen LogP contribution >= 0.6 is 0 Å². The van der Waals surface area contributed by atoms with E-state index in [-0.39, 0.29) is 31.4 Å². The maximum absolute atomic E-state index is 12.5. The van der Waals surface area contributed by atoms with Gasteiger partial charge in [-0.3, -0.25) is 9.79 Å². The second-order valence-corrected chi connectivity index (χ2v) is 6.42. The van der Waals surface area contributed by atoms with Crippen LogP contribution in [0.1, 0.15) is 42.2 Å². The predicted molar refractivity (Wildman–Crippen MR) is 103 cm³/mol. The van der Waals surface area contributed by atoms with Crippen molar-refractivity contribution >= 4 is 28.6 Å². The number of unbranched alkanes of at least 4 members (excludes halogenated alkanes) is 1. The Morgan fingerprint density at radius 1 is 1.19 bits per heavy atom. The maximum atomic E-state index is 12.5. The van der Waals surface area contributed by atoms with E-state index in [1.54, 1.807) is 32.2 Å². The van der Waals surface area contributed by atoms with Gasteiger partial charge in [-0.25, -0.2) is 4.79 Å². The van der Waals surface area contributed by atoms with E-state index >= 15 is 0 Å². The summed E-state index contributed by atoms with van der Waals surface area (Å²) >= 11 is 0. The Morgan fingerprint density at radius 3 is 2.52 bits per heavy atom. The first kappa shape index (κ1) is 20.5. The first-order valence-electron chi connectivity index (χ1n) is 8.88. The fourth-order valence-electron chi connectivity index (χ4n) is 2.78. The number of aryl methyl sites for hydroxylation is 1. The van der Waals surface area contributed by atoms with Crippen molar-refractivity contribution in [1.29, 1.82) is 0 Å². The second-order valence-electron chi connectivity index (χ2n) is 6.42. The molecule has 0 amide bonds. The number of aromatic nitrogens is 1. The SMILES string of the molecule is C/N=C(\C)CC(=O)OCCCCOC(=O)c1c(C)n(C)c2ccc(O)cc12. The number of hydrogen-bond acceptors (Lipinski definition) is 6. The normalized spacial score (nSPS) is 11.6. The number of fused-ring (bicyclic) bond motifs is 1. The summed E-state index contributed by atoms with van der Waals surface area (Å²) in [5.74, 6) is -0.621. The number of aliphatic imine (C=N–C) groups is 1. The van der Waals surface area contributed by atoms with Gasteiger partial charge in [0.2, 0.25) is 0 Å². The minimum atomic E-state index is -0.421. The van der Waals surface area contributed by atoms with Crippen LogP contribution in [0.4, 0.5) is 0 Å². The van der Waals surface area contributed by atoms with Crippen LogP contribution in [0.25, 0.3) is 10.9 Å². The van der Waals surface area contributed by atoms with Gasteiger partial charge in [-0.05, 0) is 44.9 Å². The Labute approximate surface area is 158 Å². The summed E-state index contributed by atoms with van der Waals surface area (Å²) in [5.41, 5.74) is 2.83. The number of phenols is 1. The number of carbonyl (C=O) groups is 2. The smallest absolute Gasteiger partial charge is 0.340 e. The molecule has 0 aliphatic rings. The fraction of sp³-hybridized carbons (Fsp3) is 0.450. The number of rotatable bonds is 8. The van der Waals surface area contributed by atoms with Crippen molar-refractivity contribution in [3.63, 3.8) is 0 Å². The summed E-state index contributed by atoms with van der Waals surface area (Å²) in [6, 6.07) is 4.93. The van der Waals surface area contributed by atoms with Gasteiger partial charge in [-0.2, -0.15) is 0 Å². The van der Waals surface area contributed by atoms with Crippen LogP contribution < -0.4 is 0 Å². The molecule has 1 aromatic carbocycles. The topological polar surface area (TPSA) is 90.1 Å². The van der Waals surface area contributed by atoms with E-state index in [9.17, 15) is 14.7 Å². The Balaban J connectivity index is 1.83. The number of ether oxygens (including phenoxy) is 2. The standard InChI is InChI=1S/C20H26N2O5/c1-13(21-3)11-18(24)26-9-5-6-10-27-20(25)19-14(2)22(4)17-8-7-15(23)12-16(17)19/h7-8,12,23H,5-6,9-11H2,1-4H3/b21-13+. The Morgan fingerprint density at radius 2 is 1.85 bits per heavy atom. The molecule has 0 bridgehead atoms. The van der Waals surface area contributed by atoms with Gasteiger partial charge < -0.3 is 19.1 Å². The second kappa shape index (κ2) is 9.21. The molecule has 0 aliphatic carbocycles. The van der Waals surface area contributed by atoms with Crippen LogP contribution in [0.15, 0.2) is 23.2 Å². The first-order valence-corrected chi connectivity index (χ1v) is 8.88. The summed E-state index contributed by atoms with van der Waals surface area (Å²) in [5, 5.41) is 10.4. The zero-order valence-electron chi connectivity index (χ0n) is 16.2. The number of esters is 2. The van der Waals surface area contributed by atoms with E-state index in [1.165, 1.54) is 0 Å². The third kappa shape index (κ3) is 5.09. The van der Waals surface area contributed by atoms with E-state index in [0.717, 1.165) is 16.9 Å². The van der Waals surface area contributed by atoms with Crippen molar-refractivity contribution in [2.75, 3.05) is 20.3 Å². The molecule has 1 N–H and O–H groups in total. The third-order valence-corrected chi connectivity index (χ3v) is 4.50. The van der Waals surface area contributed by atoms with Crippen molar-refractivity contribution in [2.45, 2.75) is 33.1 Å². The largest absolute Gasteiger partial charge is 0.508 e. The highest BCUT2D eigenvalue weighted by Crippen LogP contribution is 2.28. The van der Waals surface area contributed by atoms with E-state index in [2.05, 4.69) is 4.99 Å². The van der Waals surface area contributed by atoms with Gasteiger partial charge in [0.15, 0.2) is 0 Å². The lowest BCUT2D eigenvalue weighted by molar-refractivity contribution is -0.142. The number of aromatic hydroxyl groups is 1. The average molecular weight is 374 g/mol. The molecule has 0 aliphatic heterocycles. The number of nitrogens with zero attached hydrogens (tertiary/aromatic N) is 2. The number of hydrogen-bond donors (Lipinski definition) is 1. The average Bonchev–Trinajstić information content (AvgIpc) is 2.87. The molecule has 7 heteroatoms. The lowest BCUT2D eigenvalue weighted by Gasteiger charge is -2.07. The first-order chi connectivity index (χ1) is 12.8. The molecular weight excluding hydrogens is 348 g/mol. The van der Waals surface area contributed by atoms with E-state index in [0.29, 0.717) is 23.8 Å². The van der Waals surface area contributed by atoms with Crippen LogP contribution in [0, 0.1) is 6.92 Å². The number of carbonyl (C=O) groups excluding carboxylic acids is 2. The molecule has 2 rings (SSSR count). The molecular formula is C20H26N2O5. The minimum Gasteiger partial charge on any atom is -0.508 e. The van der Waals surface area contributed by atoms with Crippen LogP contribution in [-0.4, -0.2) is 47.6 Å². The molecule has 0 radical (unpaired) electrons. The van der Waals surface area contributed by atoms with Crippen molar-refractivity contribution in [2.24, 2.45) is 12.0 Å². The molecule has 0 saturated heterocycles. The molecule has 1 aromatic heterocycles. The quantitative estimate of drug-likeness (QED) is 0.435. The van der Waals surface area contributed by atoms with Gasteiger partial charge in [0.25, 0.3) is 0 Å². The summed E-state index contributed by atoms with van der Waals surface area (Å²) < 4.78 is 12.4. The van der Waals surface area contributed by atoms with E-state index in [4.69, 9.17) is 9.47 Å². The molecule has 7 nitrogen and oxygen atoms in total. The number of phenolic OH excluding ortho intramolecular Hbond substituents is 1. The molecule has 0 spiro atoms. The Kier molecular flexibility index (Phi) is 6.98. The van der Waals surface area contributed by atoms with E-state index in [1.807, 2.05) is 18.5 Å². The molecule has 1 heterocycles. The summed E-state index contributed by atoms with van der Waals surface area (Å²) in [4.78, 5) is 27.9. The van der Waals surface area contributed by atoms with Crippen LogP contribution in [0.2, 0.25) is 0 Å². The molecule has 27 heavy (non-hydrogen) atoms. The van der Waals surface area contributed by atoms with Crippen LogP contribution in [0.3, 0.4) is 0 Å². The number of benzene rings is 1. The predicted octanol–water partition coefficient (Wildman–Crippen LogP) is 3.15. The van der Waals surface area contributed by atoms with Gasteiger partial charge in [-0.15, -0.1) is 0 Å². The molecule has 2 aromatic rings. The van der Waals surface area contributed by atoms with Crippen molar-refractivity contribution < 1.29 is 24.2 Å². The van der Waals surface area contributed by atoms with Gasteiger partial charge in [-0.1, -0.05) is 0 Å². The molecule has 0 saturated carbocycles.